The van der Waals surface area contributed by atoms with Gasteiger partial charge in [-0.05, 0) is 45.0 Å². The monoisotopic (exact) mass is 430 g/mol. The molecule has 0 unspecified atom stereocenters. The maximum atomic E-state index is 13.5. The molecular formula is C23H19FN6O2. The molecule has 0 saturated carbocycles. The van der Waals surface area contributed by atoms with Crippen molar-refractivity contribution in [3.8, 4) is 34.4 Å². The molecule has 2 aromatic carbocycles. The van der Waals surface area contributed by atoms with Crippen molar-refractivity contribution >= 4 is 0 Å². The highest BCUT2D eigenvalue weighted by molar-refractivity contribution is 5.58. The number of hydrogen-bond acceptors (Lipinski definition) is 7. The zero-order valence-electron chi connectivity index (χ0n) is 17.7. The molecule has 3 heterocycles. The lowest BCUT2D eigenvalue weighted by Gasteiger charge is -2.00. The Hall–Kier alpha value is -4.14. The fraction of sp³-hybridized carbons (Fsp3) is 0.174. The molecule has 9 heteroatoms. The number of oxazole rings is 1. The Kier molecular flexibility index (Phi) is 4.85. The van der Waals surface area contributed by atoms with Crippen molar-refractivity contribution in [3.05, 3.63) is 77.1 Å². The molecule has 0 radical (unpaired) electrons. The number of benzene rings is 2. The minimum atomic E-state index is -0.371. The van der Waals surface area contributed by atoms with Crippen molar-refractivity contribution < 1.29 is 13.3 Å². The summed E-state index contributed by atoms with van der Waals surface area (Å²) in [5, 5.41) is 12.3. The van der Waals surface area contributed by atoms with E-state index in [1.54, 1.807) is 16.8 Å². The summed E-state index contributed by atoms with van der Waals surface area (Å²) in [5.74, 6) is 1.40. The van der Waals surface area contributed by atoms with Gasteiger partial charge < -0.3 is 8.94 Å². The van der Waals surface area contributed by atoms with Crippen LogP contribution in [-0.2, 0) is 6.54 Å². The number of nitrogens with zero attached hydrogens (tertiary/aromatic N) is 6. The number of aryl methyl sites for hydroxylation is 2. The van der Waals surface area contributed by atoms with Gasteiger partial charge in [0, 0.05) is 11.1 Å². The van der Waals surface area contributed by atoms with Crippen LogP contribution in [0.2, 0.25) is 0 Å². The largest absolute Gasteiger partial charge is 0.441 e. The Bertz CT molecular complexity index is 1400. The van der Waals surface area contributed by atoms with Gasteiger partial charge in [-0.2, -0.15) is 4.98 Å². The quantitative estimate of drug-likeness (QED) is 0.396. The Morgan fingerprint density at radius 3 is 2.53 bits per heavy atom. The predicted molar refractivity (Wildman–Crippen MR) is 114 cm³/mol. The van der Waals surface area contributed by atoms with Gasteiger partial charge in [-0.1, -0.05) is 40.2 Å². The maximum absolute atomic E-state index is 13.5. The molecule has 0 atom stereocenters. The summed E-state index contributed by atoms with van der Waals surface area (Å²) in [4.78, 5) is 8.98. The van der Waals surface area contributed by atoms with Crippen LogP contribution in [-0.4, -0.2) is 30.1 Å². The summed E-state index contributed by atoms with van der Waals surface area (Å²) in [5.41, 5.74) is 4.55. The van der Waals surface area contributed by atoms with Crippen LogP contribution in [0.5, 0.6) is 0 Å². The van der Waals surface area contributed by atoms with E-state index in [0.29, 0.717) is 29.5 Å². The van der Waals surface area contributed by atoms with Crippen LogP contribution in [0.25, 0.3) is 34.4 Å². The highest BCUT2D eigenvalue weighted by Gasteiger charge is 2.20. The van der Waals surface area contributed by atoms with E-state index in [-0.39, 0.29) is 17.5 Å². The minimum Gasteiger partial charge on any atom is -0.441 e. The Morgan fingerprint density at radius 2 is 1.75 bits per heavy atom. The second-order valence-corrected chi connectivity index (χ2v) is 7.50. The smallest absolute Gasteiger partial charge is 0.280 e. The Balaban J connectivity index is 1.40. The molecule has 0 N–H and O–H groups in total. The van der Waals surface area contributed by atoms with E-state index < -0.39 is 0 Å². The van der Waals surface area contributed by atoms with Gasteiger partial charge in [-0.25, -0.2) is 14.1 Å². The van der Waals surface area contributed by atoms with E-state index in [1.165, 1.54) is 17.7 Å². The summed E-state index contributed by atoms with van der Waals surface area (Å²) in [6, 6.07) is 14.0. The van der Waals surface area contributed by atoms with Gasteiger partial charge in [-0.15, -0.1) is 5.10 Å². The van der Waals surface area contributed by atoms with Crippen molar-refractivity contribution in [2.24, 2.45) is 0 Å². The maximum Gasteiger partial charge on any atom is 0.280 e. The lowest BCUT2D eigenvalue weighted by Crippen LogP contribution is -2.05. The Morgan fingerprint density at radius 1 is 0.938 bits per heavy atom. The van der Waals surface area contributed by atoms with Crippen molar-refractivity contribution in [1.29, 1.82) is 0 Å². The topological polar surface area (TPSA) is 95.7 Å². The highest BCUT2D eigenvalue weighted by Crippen LogP contribution is 2.25. The van der Waals surface area contributed by atoms with E-state index in [0.717, 1.165) is 17.0 Å². The van der Waals surface area contributed by atoms with Crippen molar-refractivity contribution in [2.45, 2.75) is 27.3 Å². The SMILES string of the molecule is Cc1ccc(-c2nc(Cn3nnc(-c4nc(-c5cccc(F)c5)no4)c3C)c(C)o2)cc1. The van der Waals surface area contributed by atoms with Gasteiger partial charge in [0.2, 0.25) is 11.7 Å². The number of halogens is 1. The third-order valence-electron chi connectivity index (χ3n) is 5.18. The van der Waals surface area contributed by atoms with Crippen LogP contribution in [0.15, 0.2) is 57.5 Å². The molecule has 5 aromatic rings. The lowest BCUT2D eigenvalue weighted by atomic mass is 10.1. The van der Waals surface area contributed by atoms with Crippen molar-refractivity contribution in [1.82, 2.24) is 30.1 Å². The molecule has 0 aliphatic carbocycles. The summed E-state index contributed by atoms with van der Waals surface area (Å²) >= 11 is 0. The molecule has 0 aliphatic rings. The van der Waals surface area contributed by atoms with E-state index in [9.17, 15) is 4.39 Å². The van der Waals surface area contributed by atoms with E-state index in [4.69, 9.17) is 8.94 Å². The van der Waals surface area contributed by atoms with Gasteiger partial charge in [0.1, 0.15) is 17.3 Å². The molecule has 0 fully saturated rings. The van der Waals surface area contributed by atoms with E-state index in [2.05, 4.69) is 25.4 Å². The van der Waals surface area contributed by atoms with Gasteiger partial charge >= 0.3 is 0 Å². The normalized spacial score (nSPS) is 11.2. The van der Waals surface area contributed by atoms with Crippen LogP contribution in [0.4, 0.5) is 4.39 Å². The molecule has 3 aromatic heterocycles. The summed E-state index contributed by atoms with van der Waals surface area (Å²) in [6.45, 7) is 6.14. The zero-order valence-corrected chi connectivity index (χ0v) is 17.7. The third kappa shape index (κ3) is 3.68. The summed E-state index contributed by atoms with van der Waals surface area (Å²) in [6.07, 6.45) is 0. The van der Waals surface area contributed by atoms with Crippen molar-refractivity contribution in [3.63, 3.8) is 0 Å². The average Bonchev–Trinajstić information content (AvgIpc) is 3.49. The van der Waals surface area contributed by atoms with E-state index in [1.807, 2.05) is 45.0 Å². The zero-order chi connectivity index (χ0) is 22.2. The van der Waals surface area contributed by atoms with Gasteiger partial charge in [0.25, 0.3) is 5.89 Å². The lowest BCUT2D eigenvalue weighted by molar-refractivity contribution is 0.430. The van der Waals surface area contributed by atoms with Crippen LogP contribution >= 0.6 is 0 Å². The van der Waals surface area contributed by atoms with Gasteiger partial charge in [0.05, 0.1) is 12.2 Å². The fourth-order valence-corrected chi connectivity index (χ4v) is 3.31. The average molecular weight is 430 g/mol. The number of rotatable bonds is 5. The Labute approximate surface area is 182 Å². The predicted octanol–water partition coefficient (Wildman–Crippen LogP) is 4.76. The van der Waals surface area contributed by atoms with Crippen LogP contribution in [0.1, 0.15) is 22.7 Å². The van der Waals surface area contributed by atoms with Gasteiger partial charge in [-0.3, -0.25) is 0 Å². The standard InChI is InChI=1S/C23H19FN6O2/c1-13-7-9-16(10-8-13)22-25-19(15(3)31-22)12-30-14(2)20(27-29-30)23-26-21(28-32-23)17-5-4-6-18(24)11-17/h4-11H,12H2,1-3H3. The number of aromatic nitrogens is 6. The highest BCUT2D eigenvalue weighted by atomic mass is 19.1. The number of hydrogen-bond donors (Lipinski definition) is 0. The third-order valence-corrected chi connectivity index (χ3v) is 5.18. The molecule has 0 aliphatic heterocycles. The molecule has 0 spiro atoms. The van der Waals surface area contributed by atoms with E-state index >= 15 is 0 Å². The van der Waals surface area contributed by atoms with Crippen molar-refractivity contribution in [2.75, 3.05) is 0 Å². The molecule has 5 rings (SSSR count). The molecule has 32 heavy (non-hydrogen) atoms. The first-order valence-electron chi connectivity index (χ1n) is 10.0. The summed E-state index contributed by atoms with van der Waals surface area (Å²) < 4.78 is 26.4. The minimum absolute atomic E-state index is 0.213. The van der Waals surface area contributed by atoms with Gasteiger partial charge in [0.15, 0.2) is 5.69 Å². The molecular weight excluding hydrogens is 411 g/mol. The fourth-order valence-electron chi connectivity index (χ4n) is 3.31. The molecule has 160 valence electrons. The van der Waals surface area contributed by atoms with Crippen LogP contribution in [0, 0.1) is 26.6 Å². The molecule has 0 bridgehead atoms. The second kappa shape index (κ2) is 7.84. The molecule has 8 nitrogen and oxygen atoms in total. The first-order valence-corrected chi connectivity index (χ1v) is 10.0. The molecule has 0 amide bonds. The van der Waals surface area contributed by atoms with Crippen LogP contribution in [0.3, 0.4) is 0 Å². The first kappa shape index (κ1) is 19.8. The summed E-state index contributed by atoms with van der Waals surface area (Å²) in [7, 11) is 0. The molecule has 0 saturated heterocycles. The first-order chi connectivity index (χ1) is 15.5. The second-order valence-electron chi connectivity index (χ2n) is 7.50. The van der Waals surface area contributed by atoms with Crippen LogP contribution < -0.4 is 0 Å².